The molecule has 1 aromatic carbocycles. The normalized spacial score (nSPS) is 10.6. The van der Waals surface area contributed by atoms with E-state index in [0.717, 1.165) is 25.1 Å². The number of aromatic nitrogens is 2. The maximum Gasteiger partial charge on any atom is 0.256 e. The number of halogens is 2. The number of benzene rings is 1. The standard InChI is InChI=1S/C13H13BrIN3O/c1-7-12(8(2)18(3)17-7)16-13(19)10-6-9(15)4-5-11(10)14/h4-6H,1-3H3,(H,16,19). The highest BCUT2D eigenvalue weighted by Gasteiger charge is 2.15. The molecular weight excluding hydrogens is 421 g/mol. The number of aryl methyl sites for hydroxylation is 2. The van der Waals surface area contributed by atoms with E-state index in [1.165, 1.54) is 0 Å². The predicted molar refractivity (Wildman–Crippen MR) is 87.5 cm³/mol. The van der Waals surface area contributed by atoms with Crippen molar-refractivity contribution < 1.29 is 4.79 Å². The smallest absolute Gasteiger partial charge is 0.256 e. The summed E-state index contributed by atoms with van der Waals surface area (Å²) in [5, 5.41) is 7.21. The van der Waals surface area contributed by atoms with Crippen LogP contribution in [0.2, 0.25) is 0 Å². The Morgan fingerprint density at radius 1 is 1.42 bits per heavy atom. The van der Waals surface area contributed by atoms with Crippen molar-refractivity contribution in [2.24, 2.45) is 7.05 Å². The zero-order chi connectivity index (χ0) is 14.2. The fourth-order valence-corrected chi connectivity index (χ4v) is 2.72. The van der Waals surface area contributed by atoms with Crippen LogP contribution in [0.3, 0.4) is 0 Å². The highest BCUT2D eigenvalue weighted by Crippen LogP contribution is 2.23. The lowest BCUT2D eigenvalue weighted by Gasteiger charge is -2.08. The van der Waals surface area contributed by atoms with Gasteiger partial charge in [0.05, 0.1) is 22.6 Å². The van der Waals surface area contributed by atoms with Gasteiger partial charge in [-0.2, -0.15) is 5.10 Å². The summed E-state index contributed by atoms with van der Waals surface area (Å²) in [6, 6.07) is 5.67. The third-order valence-corrected chi connectivity index (χ3v) is 4.28. The van der Waals surface area contributed by atoms with E-state index in [0.29, 0.717) is 5.56 Å². The zero-order valence-electron chi connectivity index (χ0n) is 10.8. The maximum absolute atomic E-state index is 12.3. The third-order valence-electron chi connectivity index (χ3n) is 2.92. The molecular formula is C13H13BrIN3O. The SMILES string of the molecule is Cc1nn(C)c(C)c1NC(=O)c1cc(I)ccc1Br. The molecule has 2 aromatic rings. The molecule has 0 saturated carbocycles. The molecule has 1 N–H and O–H groups in total. The van der Waals surface area contributed by atoms with Crippen molar-refractivity contribution >= 4 is 50.1 Å². The first-order valence-electron chi connectivity index (χ1n) is 5.66. The number of anilines is 1. The predicted octanol–water partition coefficient (Wildman–Crippen LogP) is 3.66. The quantitative estimate of drug-likeness (QED) is 0.734. The third kappa shape index (κ3) is 3.00. The molecule has 0 saturated heterocycles. The Morgan fingerprint density at radius 2 is 2.11 bits per heavy atom. The molecule has 0 aliphatic heterocycles. The summed E-state index contributed by atoms with van der Waals surface area (Å²) in [6.07, 6.45) is 0. The molecule has 1 heterocycles. The lowest BCUT2D eigenvalue weighted by Crippen LogP contribution is -2.14. The second-order valence-electron chi connectivity index (χ2n) is 4.25. The van der Waals surface area contributed by atoms with Gasteiger partial charge in [0.1, 0.15) is 0 Å². The van der Waals surface area contributed by atoms with E-state index < -0.39 is 0 Å². The van der Waals surface area contributed by atoms with Crippen LogP contribution in [0.1, 0.15) is 21.7 Å². The Balaban J connectivity index is 2.33. The van der Waals surface area contributed by atoms with Gasteiger partial charge in [-0.3, -0.25) is 9.48 Å². The zero-order valence-corrected chi connectivity index (χ0v) is 14.5. The largest absolute Gasteiger partial charge is 0.319 e. The van der Waals surface area contributed by atoms with E-state index in [9.17, 15) is 4.79 Å². The van der Waals surface area contributed by atoms with Crippen LogP contribution in [-0.4, -0.2) is 15.7 Å². The maximum atomic E-state index is 12.3. The minimum absolute atomic E-state index is 0.135. The molecule has 0 spiro atoms. The molecule has 6 heteroatoms. The minimum atomic E-state index is -0.135. The van der Waals surface area contributed by atoms with Crippen LogP contribution in [-0.2, 0) is 7.05 Å². The Kier molecular flexibility index (Phi) is 4.29. The number of nitrogens with one attached hydrogen (secondary N) is 1. The summed E-state index contributed by atoms with van der Waals surface area (Å²) in [7, 11) is 1.86. The van der Waals surface area contributed by atoms with Gasteiger partial charge in [-0.25, -0.2) is 0 Å². The van der Waals surface area contributed by atoms with E-state index >= 15 is 0 Å². The van der Waals surface area contributed by atoms with Gasteiger partial charge in [-0.15, -0.1) is 0 Å². The van der Waals surface area contributed by atoms with Crippen LogP contribution in [0, 0.1) is 17.4 Å². The molecule has 19 heavy (non-hydrogen) atoms. The van der Waals surface area contributed by atoms with Gasteiger partial charge >= 0.3 is 0 Å². The van der Waals surface area contributed by atoms with Gasteiger partial charge in [0, 0.05) is 15.1 Å². The van der Waals surface area contributed by atoms with E-state index in [2.05, 4.69) is 48.9 Å². The number of rotatable bonds is 2. The summed E-state index contributed by atoms with van der Waals surface area (Å²) >= 11 is 5.59. The number of carbonyl (C=O) groups is 1. The van der Waals surface area contributed by atoms with Crippen molar-refractivity contribution in [1.29, 1.82) is 0 Å². The number of hydrogen-bond donors (Lipinski definition) is 1. The summed E-state index contributed by atoms with van der Waals surface area (Å²) in [4.78, 5) is 12.3. The molecule has 0 fully saturated rings. The summed E-state index contributed by atoms with van der Waals surface area (Å²) in [5.74, 6) is -0.135. The fraction of sp³-hybridized carbons (Fsp3) is 0.231. The molecule has 1 amide bonds. The first-order chi connectivity index (χ1) is 8.90. The molecule has 0 bridgehead atoms. The van der Waals surface area contributed by atoms with Crippen molar-refractivity contribution in [3.63, 3.8) is 0 Å². The average molecular weight is 434 g/mol. The van der Waals surface area contributed by atoms with E-state index in [-0.39, 0.29) is 5.91 Å². The molecule has 100 valence electrons. The van der Waals surface area contributed by atoms with E-state index in [1.807, 2.05) is 39.1 Å². The molecule has 0 unspecified atom stereocenters. The fourth-order valence-electron chi connectivity index (χ4n) is 1.81. The van der Waals surface area contributed by atoms with Crippen LogP contribution in [0.15, 0.2) is 22.7 Å². The average Bonchev–Trinajstić information content (AvgIpc) is 2.59. The van der Waals surface area contributed by atoms with Crippen molar-refractivity contribution in [3.05, 3.63) is 43.2 Å². The van der Waals surface area contributed by atoms with Crippen molar-refractivity contribution in [3.8, 4) is 0 Å². The molecule has 0 aliphatic carbocycles. The van der Waals surface area contributed by atoms with Gasteiger partial charge in [0.2, 0.25) is 0 Å². The molecule has 0 radical (unpaired) electrons. The number of hydrogen-bond acceptors (Lipinski definition) is 2. The monoisotopic (exact) mass is 433 g/mol. The van der Waals surface area contributed by atoms with Crippen LogP contribution < -0.4 is 5.32 Å². The van der Waals surface area contributed by atoms with Gasteiger partial charge in [-0.1, -0.05) is 0 Å². The van der Waals surface area contributed by atoms with E-state index in [1.54, 1.807) is 4.68 Å². The lowest BCUT2D eigenvalue weighted by molar-refractivity contribution is 0.102. The molecule has 2 rings (SSSR count). The van der Waals surface area contributed by atoms with Gasteiger partial charge in [-0.05, 0) is 70.6 Å². The van der Waals surface area contributed by atoms with Crippen LogP contribution in [0.25, 0.3) is 0 Å². The van der Waals surface area contributed by atoms with Crippen molar-refractivity contribution in [2.45, 2.75) is 13.8 Å². The Labute approximate surface area is 133 Å². The number of carbonyl (C=O) groups excluding carboxylic acids is 1. The van der Waals surface area contributed by atoms with Gasteiger partial charge in [0.25, 0.3) is 5.91 Å². The van der Waals surface area contributed by atoms with Crippen LogP contribution in [0.4, 0.5) is 5.69 Å². The topological polar surface area (TPSA) is 46.9 Å². The molecule has 0 aliphatic rings. The Hall–Kier alpha value is -0.890. The van der Waals surface area contributed by atoms with Gasteiger partial charge in [0.15, 0.2) is 0 Å². The van der Waals surface area contributed by atoms with E-state index in [4.69, 9.17) is 0 Å². The highest BCUT2D eigenvalue weighted by atomic mass is 127. The van der Waals surface area contributed by atoms with Crippen molar-refractivity contribution in [2.75, 3.05) is 5.32 Å². The van der Waals surface area contributed by atoms with Gasteiger partial charge < -0.3 is 5.32 Å². The summed E-state index contributed by atoms with van der Waals surface area (Å²) in [5.41, 5.74) is 3.15. The second-order valence-corrected chi connectivity index (χ2v) is 6.35. The first kappa shape index (κ1) is 14.5. The van der Waals surface area contributed by atoms with Crippen LogP contribution in [0.5, 0.6) is 0 Å². The molecule has 0 atom stereocenters. The van der Waals surface area contributed by atoms with Crippen molar-refractivity contribution in [1.82, 2.24) is 9.78 Å². The number of amides is 1. The first-order valence-corrected chi connectivity index (χ1v) is 7.54. The lowest BCUT2D eigenvalue weighted by atomic mass is 10.2. The molecule has 1 aromatic heterocycles. The summed E-state index contributed by atoms with van der Waals surface area (Å²) in [6.45, 7) is 3.81. The highest BCUT2D eigenvalue weighted by molar-refractivity contribution is 14.1. The minimum Gasteiger partial charge on any atom is -0.319 e. The number of nitrogens with zero attached hydrogens (tertiary/aromatic N) is 2. The second kappa shape index (κ2) is 5.62. The van der Waals surface area contributed by atoms with Crippen LogP contribution >= 0.6 is 38.5 Å². The molecule has 4 nitrogen and oxygen atoms in total. The summed E-state index contributed by atoms with van der Waals surface area (Å²) < 4.78 is 3.56. The Morgan fingerprint density at radius 3 is 2.68 bits per heavy atom. The Bertz CT molecular complexity index is 652.